The fourth-order valence-electron chi connectivity index (χ4n) is 1.53. The molecule has 0 bridgehead atoms. The maximum absolute atomic E-state index is 11.6. The Morgan fingerprint density at radius 3 is 2.83 bits per heavy atom. The van der Waals surface area contributed by atoms with Crippen LogP contribution in [0.4, 0.5) is 10.6 Å². The van der Waals surface area contributed by atoms with Crippen molar-refractivity contribution in [3.05, 3.63) is 18.5 Å². The number of carbonyl (C=O) groups excluding carboxylic acids is 1. The van der Waals surface area contributed by atoms with Crippen LogP contribution in [0.1, 0.15) is 20.8 Å². The summed E-state index contributed by atoms with van der Waals surface area (Å²) < 4.78 is 6.85. The molecule has 0 saturated carbocycles. The Balaban J connectivity index is 2.14. The number of amides is 1. The fraction of sp³-hybridized carbons (Fsp3) is 0.417. The summed E-state index contributed by atoms with van der Waals surface area (Å²) in [5, 5.41) is 7.71. The molecule has 0 aromatic carbocycles. The molecular formula is C12H16N4O2. The lowest BCUT2D eigenvalue weighted by molar-refractivity contribution is 0.0635. The van der Waals surface area contributed by atoms with Gasteiger partial charge in [-0.15, -0.1) is 0 Å². The molecule has 0 aliphatic heterocycles. The third kappa shape index (κ3) is 2.97. The minimum absolute atomic E-state index is 0.449. The number of pyridine rings is 1. The maximum atomic E-state index is 11.6. The molecule has 2 aromatic heterocycles. The van der Waals surface area contributed by atoms with Gasteiger partial charge in [0.1, 0.15) is 16.9 Å². The molecule has 6 heteroatoms. The van der Waals surface area contributed by atoms with E-state index in [0.29, 0.717) is 5.82 Å². The molecule has 0 saturated heterocycles. The zero-order chi connectivity index (χ0) is 13.3. The van der Waals surface area contributed by atoms with E-state index in [0.717, 1.165) is 10.9 Å². The molecule has 2 rings (SSSR count). The van der Waals surface area contributed by atoms with Crippen molar-refractivity contribution in [1.29, 1.82) is 0 Å². The summed E-state index contributed by atoms with van der Waals surface area (Å²) in [6.07, 6.45) is 2.96. The summed E-state index contributed by atoms with van der Waals surface area (Å²) in [5.41, 5.74) is 0.259. The second-order valence-corrected chi connectivity index (χ2v) is 5.06. The molecule has 0 unspecified atom stereocenters. The van der Waals surface area contributed by atoms with Crippen molar-refractivity contribution in [2.24, 2.45) is 7.05 Å². The van der Waals surface area contributed by atoms with Crippen molar-refractivity contribution in [3.8, 4) is 0 Å². The Morgan fingerprint density at radius 2 is 2.17 bits per heavy atom. The summed E-state index contributed by atoms with van der Waals surface area (Å²) in [5.74, 6) is 0.449. The molecule has 2 aromatic rings. The number of fused-ring (bicyclic) bond motifs is 1. The van der Waals surface area contributed by atoms with Crippen molar-refractivity contribution < 1.29 is 9.53 Å². The summed E-state index contributed by atoms with van der Waals surface area (Å²) in [7, 11) is 1.83. The van der Waals surface area contributed by atoms with Crippen LogP contribution in [-0.2, 0) is 11.8 Å². The predicted octanol–water partition coefficient (Wildman–Crippen LogP) is 2.32. The first-order valence-corrected chi connectivity index (χ1v) is 5.63. The number of nitrogens with zero attached hydrogens (tertiary/aromatic N) is 3. The second kappa shape index (κ2) is 4.29. The van der Waals surface area contributed by atoms with Crippen LogP contribution in [0.3, 0.4) is 0 Å². The van der Waals surface area contributed by atoms with Crippen LogP contribution in [0, 0.1) is 0 Å². The molecule has 18 heavy (non-hydrogen) atoms. The van der Waals surface area contributed by atoms with E-state index in [4.69, 9.17) is 4.74 Å². The van der Waals surface area contributed by atoms with Gasteiger partial charge in [-0.3, -0.25) is 10.00 Å². The van der Waals surface area contributed by atoms with Crippen molar-refractivity contribution in [2.45, 2.75) is 26.4 Å². The number of aryl methyl sites for hydroxylation is 1. The van der Waals surface area contributed by atoms with Gasteiger partial charge >= 0.3 is 6.09 Å². The summed E-state index contributed by atoms with van der Waals surface area (Å²) in [4.78, 5) is 15.7. The van der Waals surface area contributed by atoms with Gasteiger partial charge in [-0.05, 0) is 26.8 Å². The highest BCUT2D eigenvalue weighted by atomic mass is 16.6. The first-order valence-electron chi connectivity index (χ1n) is 5.63. The van der Waals surface area contributed by atoms with Crippen LogP contribution in [0.15, 0.2) is 18.5 Å². The van der Waals surface area contributed by atoms with E-state index in [1.165, 1.54) is 0 Å². The number of anilines is 1. The van der Waals surface area contributed by atoms with Crippen LogP contribution in [0.25, 0.3) is 10.9 Å². The standard InChI is InChI=1S/C12H16N4O2/c1-12(2,3)18-11(17)14-10-5-8-7-16(4)15-9(8)6-13-10/h5-7H,1-4H3,(H,14,17). The monoisotopic (exact) mass is 248 g/mol. The first-order chi connectivity index (χ1) is 8.33. The van der Waals surface area contributed by atoms with Gasteiger partial charge < -0.3 is 4.74 Å². The van der Waals surface area contributed by atoms with Crippen molar-refractivity contribution in [3.63, 3.8) is 0 Å². The smallest absolute Gasteiger partial charge is 0.413 e. The molecule has 1 amide bonds. The van der Waals surface area contributed by atoms with Crippen LogP contribution in [0.2, 0.25) is 0 Å². The Bertz CT molecular complexity index is 583. The van der Waals surface area contributed by atoms with E-state index in [1.54, 1.807) is 16.9 Å². The van der Waals surface area contributed by atoms with E-state index >= 15 is 0 Å². The average molecular weight is 248 g/mol. The van der Waals surface area contributed by atoms with Crippen LogP contribution < -0.4 is 5.32 Å². The number of ether oxygens (including phenoxy) is 1. The van der Waals surface area contributed by atoms with Crippen molar-refractivity contribution in [1.82, 2.24) is 14.8 Å². The van der Waals surface area contributed by atoms with Crippen LogP contribution >= 0.6 is 0 Å². The molecule has 0 aliphatic carbocycles. The number of hydrogen-bond acceptors (Lipinski definition) is 4. The number of aromatic nitrogens is 3. The number of hydrogen-bond donors (Lipinski definition) is 1. The summed E-state index contributed by atoms with van der Waals surface area (Å²) in [6, 6.07) is 1.76. The zero-order valence-electron chi connectivity index (χ0n) is 10.9. The molecule has 0 spiro atoms. The van der Waals surface area contributed by atoms with E-state index in [9.17, 15) is 4.79 Å². The van der Waals surface area contributed by atoms with Gasteiger partial charge in [0, 0.05) is 18.6 Å². The Hall–Kier alpha value is -2.11. The second-order valence-electron chi connectivity index (χ2n) is 5.06. The fourth-order valence-corrected chi connectivity index (χ4v) is 1.53. The lowest BCUT2D eigenvalue weighted by Crippen LogP contribution is -2.27. The van der Waals surface area contributed by atoms with Crippen molar-refractivity contribution in [2.75, 3.05) is 5.32 Å². The molecular weight excluding hydrogens is 232 g/mol. The highest BCUT2D eigenvalue weighted by Crippen LogP contribution is 2.15. The topological polar surface area (TPSA) is 69.0 Å². The van der Waals surface area contributed by atoms with E-state index in [-0.39, 0.29) is 0 Å². The molecule has 96 valence electrons. The minimum atomic E-state index is -0.525. The largest absolute Gasteiger partial charge is 0.444 e. The molecule has 2 heterocycles. The number of rotatable bonds is 1. The Morgan fingerprint density at radius 1 is 1.44 bits per heavy atom. The van der Waals surface area contributed by atoms with Gasteiger partial charge in [0.2, 0.25) is 0 Å². The van der Waals surface area contributed by atoms with E-state index < -0.39 is 11.7 Å². The Kier molecular flexibility index (Phi) is 2.94. The quantitative estimate of drug-likeness (QED) is 0.840. The molecule has 0 atom stereocenters. The Labute approximate surface area is 105 Å². The highest BCUT2D eigenvalue weighted by molar-refractivity contribution is 5.87. The summed E-state index contributed by atoms with van der Waals surface area (Å²) in [6.45, 7) is 5.43. The number of carbonyl (C=O) groups is 1. The number of nitrogens with one attached hydrogen (secondary N) is 1. The van der Waals surface area contributed by atoms with E-state index in [2.05, 4.69) is 15.4 Å². The van der Waals surface area contributed by atoms with Gasteiger partial charge in [-0.2, -0.15) is 5.10 Å². The van der Waals surface area contributed by atoms with Gasteiger partial charge in [0.25, 0.3) is 0 Å². The molecule has 0 aliphatic rings. The average Bonchev–Trinajstić information content (AvgIpc) is 2.53. The summed E-state index contributed by atoms with van der Waals surface area (Å²) >= 11 is 0. The normalized spacial score (nSPS) is 11.6. The predicted molar refractivity (Wildman–Crippen MR) is 68.4 cm³/mol. The lowest BCUT2D eigenvalue weighted by atomic mass is 10.2. The minimum Gasteiger partial charge on any atom is -0.444 e. The zero-order valence-corrected chi connectivity index (χ0v) is 10.9. The van der Waals surface area contributed by atoms with E-state index in [1.807, 2.05) is 34.0 Å². The molecule has 0 radical (unpaired) electrons. The maximum Gasteiger partial charge on any atom is 0.413 e. The first kappa shape index (κ1) is 12.3. The van der Waals surface area contributed by atoms with Crippen molar-refractivity contribution >= 4 is 22.8 Å². The molecule has 6 nitrogen and oxygen atoms in total. The van der Waals surface area contributed by atoms with Gasteiger partial charge in [-0.1, -0.05) is 0 Å². The van der Waals surface area contributed by atoms with Gasteiger partial charge in [-0.25, -0.2) is 9.78 Å². The van der Waals surface area contributed by atoms with Crippen LogP contribution in [-0.4, -0.2) is 26.5 Å². The third-order valence-electron chi connectivity index (χ3n) is 2.13. The molecule has 0 fully saturated rings. The van der Waals surface area contributed by atoms with Gasteiger partial charge in [0.15, 0.2) is 0 Å². The van der Waals surface area contributed by atoms with Crippen LogP contribution in [0.5, 0.6) is 0 Å². The third-order valence-corrected chi connectivity index (χ3v) is 2.13. The molecule has 1 N–H and O–H groups in total. The SMILES string of the molecule is Cn1cc2cc(NC(=O)OC(C)(C)C)ncc2n1. The highest BCUT2D eigenvalue weighted by Gasteiger charge is 2.16. The lowest BCUT2D eigenvalue weighted by Gasteiger charge is -2.19. The van der Waals surface area contributed by atoms with Gasteiger partial charge in [0.05, 0.1) is 6.20 Å².